The maximum absolute atomic E-state index is 11.9. The first kappa shape index (κ1) is 11.6. The van der Waals surface area contributed by atoms with Crippen molar-refractivity contribution in [3.63, 3.8) is 0 Å². The van der Waals surface area contributed by atoms with Gasteiger partial charge in [0.15, 0.2) is 0 Å². The summed E-state index contributed by atoms with van der Waals surface area (Å²) in [5, 5.41) is 10.6. The second kappa shape index (κ2) is 4.97. The lowest BCUT2D eigenvalue weighted by molar-refractivity contribution is -0.119. The Morgan fingerprint density at radius 1 is 1.59 bits per heavy atom. The van der Waals surface area contributed by atoms with E-state index in [0.29, 0.717) is 6.54 Å². The lowest BCUT2D eigenvalue weighted by Crippen LogP contribution is -2.28. The van der Waals surface area contributed by atoms with E-state index in [4.69, 9.17) is 5.73 Å². The van der Waals surface area contributed by atoms with Gasteiger partial charge in [0.05, 0.1) is 23.3 Å². The Balaban J connectivity index is 2.23. The number of H-pyrrole nitrogens is 1. The molecule has 1 heterocycles. The number of aromatic amines is 1. The number of nitrogens with two attached hydrogens (primary N) is 1. The number of fused-ring (bicyclic) bond motifs is 1. The van der Waals surface area contributed by atoms with E-state index >= 15 is 0 Å². The molecule has 0 fully saturated rings. The summed E-state index contributed by atoms with van der Waals surface area (Å²) >= 11 is 0. The van der Waals surface area contributed by atoms with E-state index in [2.05, 4.69) is 15.5 Å². The van der Waals surface area contributed by atoms with E-state index in [1.54, 1.807) is 6.20 Å². The molecular weight excluding hydrogens is 216 g/mol. The zero-order valence-corrected chi connectivity index (χ0v) is 9.73. The van der Waals surface area contributed by atoms with Crippen molar-refractivity contribution in [3.05, 3.63) is 24.4 Å². The Morgan fingerprint density at radius 3 is 3.12 bits per heavy atom. The van der Waals surface area contributed by atoms with Crippen molar-refractivity contribution >= 4 is 22.5 Å². The summed E-state index contributed by atoms with van der Waals surface area (Å²) in [4.78, 5) is 11.9. The minimum atomic E-state index is -0.142. The highest BCUT2D eigenvalue weighted by molar-refractivity contribution is 6.01. The quantitative estimate of drug-likeness (QED) is 0.746. The molecule has 1 unspecified atom stereocenters. The van der Waals surface area contributed by atoms with Crippen LogP contribution in [0.3, 0.4) is 0 Å². The Hall–Kier alpha value is -1.88. The molecule has 1 atom stereocenters. The molecule has 90 valence electrons. The second-order valence-corrected chi connectivity index (χ2v) is 3.97. The van der Waals surface area contributed by atoms with Gasteiger partial charge in [0.2, 0.25) is 5.91 Å². The largest absolute Gasteiger partial charge is 0.330 e. The van der Waals surface area contributed by atoms with Gasteiger partial charge in [-0.3, -0.25) is 9.89 Å². The molecule has 0 aliphatic carbocycles. The molecule has 1 aromatic carbocycles. The molecule has 0 radical (unpaired) electrons. The minimum absolute atomic E-state index is 0.0382. The smallest absolute Gasteiger partial charge is 0.228 e. The zero-order valence-electron chi connectivity index (χ0n) is 9.73. The molecule has 0 saturated carbocycles. The van der Waals surface area contributed by atoms with E-state index < -0.39 is 0 Å². The number of benzene rings is 1. The van der Waals surface area contributed by atoms with Gasteiger partial charge in [0.1, 0.15) is 0 Å². The number of nitrogens with one attached hydrogen (secondary N) is 2. The van der Waals surface area contributed by atoms with Gasteiger partial charge in [-0.15, -0.1) is 0 Å². The van der Waals surface area contributed by atoms with Crippen molar-refractivity contribution in [2.45, 2.75) is 13.3 Å². The number of anilines is 1. The molecule has 0 spiro atoms. The number of nitrogens with zero attached hydrogens (tertiary/aromatic N) is 1. The van der Waals surface area contributed by atoms with Crippen molar-refractivity contribution in [2.24, 2.45) is 11.7 Å². The zero-order chi connectivity index (χ0) is 12.3. The Morgan fingerprint density at radius 2 is 2.41 bits per heavy atom. The van der Waals surface area contributed by atoms with E-state index in [-0.39, 0.29) is 11.8 Å². The van der Waals surface area contributed by atoms with Crippen LogP contribution in [0.2, 0.25) is 0 Å². The van der Waals surface area contributed by atoms with E-state index in [0.717, 1.165) is 23.0 Å². The summed E-state index contributed by atoms with van der Waals surface area (Å²) < 4.78 is 0. The topological polar surface area (TPSA) is 83.8 Å². The van der Waals surface area contributed by atoms with Gasteiger partial charge in [-0.1, -0.05) is 13.0 Å². The molecule has 4 N–H and O–H groups in total. The first-order chi connectivity index (χ1) is 8.26. The number of hydrogen-bond donors (Lipinski definition) is 3. The number of carbonyl (C=O) groups is 1. The predicted octanol–water partition coefficient (Wildman–Crippen LogP) is 1.49. The van der Waals surface area contributed by atoms with Crippen LogP contribution in [0, 0.1) is 5.92 Å². The fourth-order valence-corrected chi connectivity index (χ4v) is 1.77. The van der Waals surface area contributed by atoms with E-state index in [1.165, 1.54) is 0 Å². The average Bonchev–Trinajstić information content (AvgIpc) is 2.80. The second-order valence-electron chi connectivity index (χ2n) is 3.97. The Bertz CT molecular complexity index is 516. The summed E-state index contributed by atoms with van der Waals surface area (Å²) in [5.41, 5.74) is 7.23. The first-order valence-electron chi connectivity index (χ1n) is 5.69. The summed E-state index contributed by atoms with van der Waals surface area (Å²) in [6, 6.07) is 5.65. The SMILES string of the molecule is CCC(CN)C(=O)Nc1cccc2[nH]ncc12. The molecule has 5 heteroatoms. The van der Waals surface area contributed by atoms with Crippen molar-refractivity contribution in [3.8, 4) is 0 Å². The molecule has 2 aromatic rings. The molecule has 17 heavy (non-hydrogen) atoms. The van der Waals surface area contributed by atoms with E-state index in [1.807, 2.05) is 25.1 Å². The van der Waals surface area contributed by atoms with Crippen LogP contribution in [0.15, 0.2) is 24.4 Å². The average molecular weight is 232 g/mol. The monoisotopic (exact) mass is 232 g/mol. The van der Waals surface area contributed by atoms with Crippen LogP contribution >= 0.6 is 0 Å². The van der Waals surface area contributed by atoms with Gasteiger partial charge in [0.25, 0.3) is 0 Å². The molecule has 5 nitrogen and oxygen atoms in total. The maximum atomic E-state index is 11.9. The highest BCUT2D eigenvalue weighted by Crippen LogP contribution is 2.21. The van der Waals surface area contributed by atoms with Crippen LogP contribution in [0.4, 0.5) is 5.69 Å². The van der Waals surface area contributed by atoms with Gasteiger partial charge in [-0.25, -0.2) is 0 Å². The summed E-state index contributed by atoms with van der Waals surface area (Å²) in [6.07, 6.45) is 2.44. The minimum Gasteiger partial charge on any atom is -0.330 e. The maximum Gasteiger partial charge on any atom is 0.228 e. The fourth-order valence-electron chi connectivity index (χ4n) is 1.77. The number of aromatic nitrogens is 2. The number of carbonyl (C=O) groups excluding carboxylic acids is 1. The standard InChI is InChI=1S/C12H16N4O/c1-2-8(6-13)12(17)15-10-4-3-5-11-9(10)7-14-16-11/h3-5,7-8H,2,6,13H2,1H3,(H,14,16)(H,15,17). The van der Waals surface area contributed by atoms with Crippen LogP contribution in [0.1, 0.15) is 13.3 Å². The van der Waals surface area contributed by atoms with Crippen molar-refractivity contribution in [2.75, 3.05) is 11.9 Å². The molecule has 1 aromatic heterocycles. The van der Waals surface area contributed by atoms with Gasteiger partial charge < -0.3 is 11.1 Å². The third-order valence-electron chi connectivity index (χ3n) is 2.89. The highest BCUT2D eigenvalue weighted by Gasteiger charge is 2.15. The van der Waals surface area contributed by atoms with Gasteiger partial charge in [-0.05, 0) is 18.6 Å². The van der Waals surface area contributed by atoms with Crippen molar-refractivity contribution < 1.29 is 4.79 Å². The molecule has 2 rings (SSSR count). The molecular formula is C12H16N4O. The van der Waals surface area contributed by atoms with Gasteiger partial charge >= 0.3 is 0 Å². The van der Waals surface area contributed by atoms with E-state index in [9.17, 15) is 4.79 Å². The van der Waals surface area contributed by atoms with Crippen molar-refractivity contribution in [1.29, 1.82) is 0 Å². The summed E-state index contributed by atoms with van der Waals surface area (Å²) in [6.45, 7) is 2.32. The predicted molar refractivity (Wildman–Crippen MR) is 67.6 cm³/mol. The third-order valence-corrected chi connectivity index (χ3v) is 2.89. The molecule has 0 saturated heterocycles. The fraction of sp³-hybridized carbons (Fsp3) is 0.333. The molecule has 0 aliphatic heterocycles. The summed E-state index contributed by atoms with van der Waals surface area (Å²) in [7, 11) is 0. The lowest BCUT2D eigenvalue weighted by atomic mass is 10.1. The Labute approximate surface area is 99.4 Å². The molecule has 0 aliphatic rings. The van der Waals surface area contributed by atoms with Crippen molar-refractivity contribution in [1.82, 2.24) is 10.2 Å². The Kier molecular flexibility index (Phi) is 3.39. The normalized spacial score (nSPS) is 12.6. The summed E-state index contributed by atoms with van der Waals surface area (Å²) in [5.74, 6) is -0.180. The number of hydrogen-bond acceptors (Lipinski definition) is 3. The first-order valence-corrected chi connectivity index (χ1v) is 5.69. The number of rotatable bonds is 4. The van der Waals surface area contributed by atoms with Gasteiger partial charge in [0, 0.05) is 11.9 Å². The van der Waals surface area contributed by atoms with Crippen LogP contribution in [0.25, 0.3) is 10.9 Å². The highest BCUT2D eigenvalue weighted by atomic mass is 16.1. The van der Waals surface area contributed by atoms with Crippen LogP contribution in [-0.4, -0.2) is 22.6 Å². The number of amides is 1. The third kappa shape index (κ3) is 2.29. The van der Waals surface area contributed by atoms with Crippen LogP contribution in [-0.2, 0) is 4.79 Å². The van der Waals surface area contributed by atoms with Crippen LogP contribution in [0.5, 0.6) is 0 Å². The lowest BCUT2D eigenvalue weighted by Gasteiger charge is -2.13. The molecule has 0 bridgehead atoms. The van der Waals surface area contributed by atoms with Crippen LogP contribution < -0.4 is 11.1 Å². The van der Waals surface area contributed by atoms with Gasteiger partial charge in [-0.2, -0.15) is 5.10 Å². The molecule has 1 amide bonds.